The number of aliphatic hydroxyl groups excluding tert-OH is 3. The second-order valence-corrected chi connectivity index (χ2v) is 7.74. The van der Waals surface area contributed by atoms with E-state index in [1.807, 2.05) is 0 Å². The molecule has 0 bridgehead atoms. The number of carbonyl (C=O) groups is 1. The zero-order valence-corrected chi connectivity index (χ0v) is 19.4. The Morgan fingerprint density at radius 2 is 1.07 bits per heavy atom. The molecule has 0 aliphatic heterocycles. The van der Waals surface area contributed by atoms with Crippen molar-refractivity contribution in [3.05, 3.63) is 12.2 Å². The summed E-state index contributed by atoms with van der Waals surface area (Å²) in [4.78, 5) is 12.1. The van der Waals surface area contributed by atoms with Crippen LogP contribution in [0.2, 0.25) is 0 Å². The molecule has 6 nitrogen and oxygen atoms in total. The second kappa shape index (κ2) is 28.1. The van der Waals surface area contributed by atoms with Gasteiger partial charge >= 0.3 is 5.97 Å². The predicted octanol–water partition coefficient (Wildman–Crippen LogP) is 4.37. The van der Waals surface area contributed by atoms with Crippen LogP contribution in [0.15, 0.2) is 12.2 Å². The molecular weight excluding hydrogens is 382 g/mol. The average molecular weight is 432 g/mol. The molecule has 0 rings (SSSR count). The smallest absolute Gasteiger partial charge is 0.303 e. The van der Waals surface area contributed by atoms with Crippen LogP contribution < -0.4 is 0 Å². The van der Waals surface area contributed by atoms with Crippen molar-refractivity contribution in [3.8, 4) is 0 Å². The van der Waals surface area contributed by atoms with Crippen LogP contribution >= 0.6 is 0 Å². The van der Waals surface area contributed by atoms with Gasteiger partial charge in [0.05, 0.1) is 19.8 Å². The van der Waals surface area contributed by atoms with Crippen molar-refractivity contribution in [1.29, 1.82) is 0 Å². The number of aliphatic hydroxyl groups is 3. The highest BCUT2D eigenvalue weighted by molar-refractivity contribution is 5.66. The number of aliphatic carboxylic acids is 1. The van der Waals surface area contributed by atoms with Gasteiger partial charge in [0.25, 0.3) is 0 Å². The maximum absolute atomic E-state index is 10.3. The van der Waals surface area contributed by atoms with Gasteiger partial charge in [-0.05, 0) is 32.1 Å². The van der Waals surface area contributed by atoms with Crippen molar-refractivity contribution in [2.75, 3.05) is 39.5 Å². The van der Waals surface area contributed by atoms with E-state index in [0.29, 0.717) is 26.1 Å². The molecule has 0 heterocycles. The molecule has 0 saturated heterocycles. The monoisotopic (exact) mass is 431 g/mol. The van der Waals surface area contributed by atoms with Crippen LogP contribution in [0, 0.1) is 0 Å². The van der Waals surface area contributed by atoms with Gasteiger partial charge in [0.15, 0.2) is 0 Å². The van der Waals surface area contributed by atoms with Crippen LogP contribution in [0.4, 0.5) is 0 Å². The van der Waals surface area contributed by atoms with Crippen LogP contribution in [-0.4, -0.2) is 70.8 Å². The Morgan fingerprint density at radius 3 is 1.47 bits per heavy atom. The minimum Gasteiger partial charge on any atom is -0.481 e. The Bertz CT molecular complexity index is 349. The minimum absolute atomic E-state index is 0.0694. The van der Waals surface area contributed by atoms with Crippen LogP contribution in [0.3, 0.4) is 0 Å². The first kappa shape index (κ1) is 31.2. The van der Waals surface area contributed by atoms with Crippen molar-refractivity contribution in [2.24, 2.45) is 0 Å². The standard InChI is InChI=1S/C18H34O2.C6H15NO3/c1-2-3-4-5-6-7-8-9-10-11-12-13-14-15-16-17-18(19)20;8-4-1-7(2-5-9)3-6-10/h9-10H,2-8,11-17H2,1H3,(H,19,20);8-10H,1-6H2/b10-9+;. The lowest BCUT2D eigenvalue weighted by molar-refractivity contribution is -0.137. The van der Waals surface area contributed by atoms with Crippen LogP contribution in [0.1, 0.15) is 96.8 Å². The number of carboxylic acids is 1. The quantitative estimate of drug-likeness (QED) is 0.159. The van der Waals surface area contributed by atoms with Crippen molar-refractivity contribution in [3.63, 3.8) is 0 Å². The molecule has 6 heteroatoms. The summed E-state index contributed by atoms with van der Waals surface area (Å²) >= 11 is 0. The lowest BCUT2D eigenvalue weighted by Crippen LogP contribution is -2.32. The molecule has 0 aromatic rings. The first-order chi connectivity index (χ1) is 14.6. The lowest BCUT2D eigenvalue weighted by Gasteiger charge is -2.17. The Hall–Kier alpha value is -0.950. The largest absolute Gasteiger partial charge is 0.481 e. The summed E-state index contributed by atoms with van der Waals surface area (Å²) in [6.07, 6.45) is 21.2. The molecule has 0 aromatic carbocycles. The van der Waals surface area contributed by atoms with E-state index in [1.165, 1.54) is 70.6 Å². The summed E-state index contributed by atoms with van der Waals surface area (Å²) in [5, 5.41) is 34.0. The molecule has 0 radical (unpaired) electrons. The Labute approximate surface area is 185 Å². The molecule has 0 aromatic heterocycles. The number of nitrogens with zero attached hydrogens (tertiary/aromatic N) is 1. The van der Waals surface area contributed by atoms with Crippen molar-refractivity contribution in [1.82, 2.24) is 4.90 Å². The molecule has 30 heavy (non-hydrogen) atoms. The van der Waals surface area contributed by atoms with Gasteiger partial charge in [-0.25, -0.2) is 0 Å². The van der Waals surface area contributed by atoms with Gasteiger partial charge in [0.1, 0.15) is 0 Å². The van der Waals surface area contributed by atoms with E-state index in [4.69, 9.17) is 20.4 Å². The lowest BCUT2D eigenvalue weighted by atomic mass is 10.1. The molecule has 4 N–H and O–H groups in total. The molecule has 0 spiro atoms. The van der Waals surface area contributed by atoms with E-state index < -0.39 is 5.97 Å². The van der Waals surface area contributed by atoms with E-state index in [0.717, 1.165) is 12.8 Å². The highest BCUT2D eigenvalue weighted by Crippen LogP contribution is 2.09. The molecule has 180 valence electrons. The third-order valence-corrected chi connectivity index (χ3v) is 4.90. The van der Waals surface area contributed by atoms with Crippen LogP contribution in [0.25, 0.3) is 0 Å². The fraction of sp³-hybridized carbons (Fsp3) is 0.875. The third kappa shape index (κ3) is 29.3. The van der Waals surface area contributed by atoms with Crippen molar-refractivity contribution < 1.29 is 25.2 Å². The summed E-state index contributed by atoms with van der Waals surface area (Å²) < 4.78 is 0. The molecule has 0 atom stereocenters. The van der Waals surface area contributed by atoms with Gasteiger partial charge < -0.3 is 20.4 Å². The first-order valence-corrected chi connectivity index (χ1v) is 12.0. The van der Waals surface area contributed by atoms with Gasteiger partial charge in [0, 0.05) is 26.1 Å². The number of rotatable bonds is 21. The maximum Gasteiger partial charge on any atom is 0.303 e. The van der Waals surface area contributed by atoms with Crippen molar-refractivity contribution >= 4 is 5.97 Å². The van der Waals surface area contributed by atoms with E-state index >= 15 is 0 Å². The molecule has 0 saturated carbocycles. The molecule has 0 fully saturated rings. The Kier molecular flexibility index (Phi) is 29.2. The summed E-state index contributed by atoms with van der Waals surface area (Å²) in [6.45, 7) is 4.01. The number of allylic oxidation sites excluding steroid dienone is 2. The third-order valence-electron chi connectivity index (χ3n) is 4.90. The first-order valence-electron chi connectivity index (χ1n) is 12.0. The van der Waals surface area contributed by atoms with Gasteiger partial charge in [-0.1, -0.05) is 70.4 Å². The van der Waals surface area contributed by atoms with Crippen LogP contribution in [-0.2, 0) is 4.79 Å². The fourth-order valence-corrected chi connectivity index (χ4v) is 3.11. The number of unbranched alkanes of at least 4 members (excludes halogenated alkanes) is 11. The number of hydrogen-bond donors (Lipinski definition) is 4. The van der Waals surface area contributed by atoms with E-state index in [-0.39, 0.29) is 19.8 Å². The normalized spacial score (nSPS) is 11.1. The van der Waals surface area contributed by atoms with Crippen LogP contribution in [0.5, 0.6) is 0 Å². The molecule has 0 aliphatic rings. The predicted molar refractivity (Wildman–Crippen MR) is 125 cm³/mol. The molecule has 0 aliphatic carbocycles. The Balaban J connectivity index is 0. The van der Waals surface area contributed by atoms with E-state index in [9.17, 15) is 4.79 Å². The summed E-state index contributed by atoms with van der Waals surface area (Å²) in [5.41, 5.74) is 0. The number of hydrogen-bond acceptors (Lipinski definition) is 5. The van der Waals surface area contributed by atoms with E-state index in [2.05, 4.69) is 19.1 Å². The zero-order chi connectivity index (χ0) is 22.7. The summed E-state index contributed by atoms with van der Waals surface area (Å²) in [6, 6.07) is 0. The topological polar surface area (TPSA) is 101 Å². The maximum atomic E-state index is 10.3. The fourth-order valence-electron chi connectivity index (χ4n) is 3.11. The molecular formula is C24H49NO5. The van der Waals surface area contributed by atoms with Gasteiger partial charge in [0.2, 0.25) is 0 Å². The second-order valence-electron chi connectivity index (χ2n) is 7.74. The van der Waals surface area contributed by atoms with Gasteiger partial charge in [-0.2, -0.15) is 0 Å². The highest BCUT2D eigenvalue weighted by atomic mass is 16.4. The zero-order valence-electron chi connectivity index (χ0n) is 19.4. The minimum atomic E-state index is -0.664. The van der Waals surface area contributed by atoms with Crippen molar-refractivity contribution in [2.45, 2.75) is 96.8 Å². The molecule has 0 amide bonds. The summed E-state index contributed by atoms with van der Waals surface area (Å²) in [5.74, 6) is -0.664. The summed E-state index contributed by atoms with van der Waals surface area (Å²) in [7, 11) is 0. The average Bonchev–Trinajstić information content (AvgIpc) is 2.72. The van der Waals surface area contributed by atoms with Gasteiger partial charge in [-0.3, -0.25) is 9.69 Å². The van der Waals surface area contributed by atoms with Gasteiger partial charge in [-0.15, -0.1) is 0 Å². The SMILES string of the molecule is CCCCCCCC/C=C/CCCCCCCC(=O)O.OCCN(CCO)CCO. The highest BCUT2D eigenvalue weighted by Gasteiger charge is 2.00. The Morgan fingerprint density at radius 1 is 0.667 bits per heavy atom. The number of carboxylic acid groups (broad SMARTS) is 1. The molecule has 0 unspecified atom stereocenters. The van der Waals surface area contributed by atoms with E-state index in [1.54, 1.807) is 4.90 Å².